The topological polar surface area (TPSA) is 52.6 Å². The van der Waals surface area contributed by atoms with Crippen LogP contribution in [0.2, 0.25) is 0 Å². The first-order valence-corrected chi connectivity index (χ1v) is 8.98. The predicted octanol–water partition coefficient (Wildman–Crippen LogP) is 4.17. The van der Waals surface area contributed by atoms with Crippen LogP contribution < -0.4 is 4.74 Å². The van der Waals surface area contributed by atoms with Gasteiger partial charge in [-0.25, -0.2) is 0 Å². The van der Waals surface area contributed by atoms with Crippen molar-refractivity contribution in [3.63, 3.8) is 0 Å². The summed E-state index contributed by atoms with van der Waals surface area (Å²) < 4.78 is 10.5. The highest BCUT2D eigenvalue weighted by Gasteiger charge is 2.34. The van der Waals surface area contributed by atoms with E-state index in [9.17, 15) is 9.59 Å². The Morgan fingerprint density at radius 1 is 1.12 bits per heavy atom. The summed E-state index contributed by atoms with van der Waals surface area (Å²) in [6.07, 6.45) is 7.06. The molecule has 2 atom stereocenters. The molecule has 1 aliphatic carbocycles. The molecule has 4 heteroatoms. The maximum absolute atomic E-state index is 12.1. The van der Waals surface area contributed by atoms with Gasteiger partial charge in [0.25, 0.3) is 0 Å². The second kappa shape index (κ2) is 10.1. The van der Waals surface area contributed by atoms with Crippen molar-refractivity contribution in [1.29, 1.82) is 0 Å². The molecule has 0 aromatic heterocycles. The van der Waals surface area contributed by atoms with Crippen molar-refractivity contribution in [2.24, 2.45) is 11.8 Å². The minimum Gasteiger partial charge on any atom is -0.493 e. The lowest BCUT2D eigenvalue weighted by Crippen LogP contribution is -2.20. The first kappa shape index (κ1) is 18.5. The van der Waals surface area contributed by atoms with Crippen molar-refractivity contribution < 1.29 is 19.1 Å². The summed E-state index contributed by atoms with van der Waals surface area (Å²) in [5.74, 6) is 1.62. The number of Topliss-reactive ketones (excluding diaryl/α,β-unsaturated/α-hetero) is 1. The zero-order chi connectivity index (χ0) is 17.2. The van der Waals surface area contributed by atoms with Crippen LogP contribution in [0.3, 0.4) is 0 Å². The number of methoxy groups -OCH3 is 1. The summed E-state index contributed by atoms with van der Waals surface area (Å²) in [5.41, 5.74) is 0. The summed E-state index contributed by atoms with van der Waals surface area (Å²) in [6, 6.07) is 9.79. The molecule has 24 heavy (non-hydrogen) atoms. The average molecular weight is 332 g/mol. The van der Waals surface area contributed by atoms with Crippen molar-refractivity contribution in [3.8, 4) is 5.75 Å². The molecular weight excluding hydrogens is 304 g/mol. The molecule has 1 saturated carbocycles. The van der Waals surface area contributed by atoms with E-state index in [0.717, 1.165) is 44.3 Å². The molecule has 2 rings (SSSR count). The molecule has 0 heterocycles. The van der Waals surface area contributed by atoms with Gasteiger partial charge in [-0.1, -0.05) is 37.5 Å². The van der Waals surface area contributed by atoms with Crippen molar-refractivity contribution in [2.75, 3.05) is 13.7 Å². The van der Waals surface area contributed by atoms with Gasteiger partial charge in [-0.2, -0.15) is 0 Å². The van der Waals surface area contributed by atoms with E-state index in [1.807, 2.05) is 30.3 Å². The number of ketones is 1. The van der Waals surface area contributed by atoms with Crippen LogP contribution >= 0.6 is 0 Å². The Morgan fingerprint density at radius 2 is 1.88 bits per heavy atom. The molecule has 0 N–H and O–H groups in total. The van der Waals surface area contributed by atoms with E-state index < -0.39 is 0 Å². The van der Waals surface area contributed by atoms with Gasteiger partial charge in [-0.15, -0.1) is 0 Å². The number of carbonyl (C=O) groups is 2. The third-order valence-electron chi connectivity index (χ3n) is 4.83. The van der Waals surface area contributed by atoms with Crippen LogP contribution in [0.4, 0.5) is 0 Å². The molecule has 1 aromatic carbocycles. The van der Waals surface area contributed by atoms with Gasteiger partial charge in [0, 0.05) is 24.7 Å². The fourth-order valence-electron chi connectivity index (χ4n) is 3.38. The first-order chi connectivity index (χ1) is 11.7. The molecule has 1 aromatic rings. The summed E-state index contributed by atoms with van der Waals surface area (Å²) in [5, 5.41) is 0. The number of rotatable bonds is 10. The number of hydrogen-bond donors (Lipinski definition) is 0. The van der Waals surface area contributed by atoms with Gasteiger partial charge in [-0.3, -0.25) is 9.59 Å². The smallest absolute Gasteiger partial charge is 0.305 e. The quantitative estimate of drug-likeness (QED) is 0.476. The van der Waals surface area contributed by atoms with Crippen LogP contribution in [0.5, 0.6) is 5.75 Å². The highest BCUT2D eigenvalue weighted by Crippen LogP contribution is 2.33. The molecule has 0 bridgehead atoms. The molecule has 4 nitrogen and oxygen atoms in total. The lowest BCUT2D eigenvalue weighted by atomic mass is 9.90. The number of para-hydroxylation sites is 1. The number of carbonyl (C=O) groups excluding carboxylic acids is 2. The average Bonchev–Trinajstić information content (AvgIpc) is 2.96. The predicted molar refractivity (Wildman–Crippen MR) is 92.9 cm³/mol. The minimum absolute atomic E-state index is 0.140. The molecule has 0 unspecified atom stereocenters. The Balaban J connectivity index is 1.66. The van der Waals surface area contributed by atoms with E-state index in [1.165, 1.54) is 7.11 Å². The Morgan fingerprint density at radius 3 is 2.62 bits per heavy atom. The Kier molecular flexibility index (Phi) is 7.80. The van der Waals surface area contributed by atoms with Crippen molar-refractivity contribution >= 4 is 11.8 Å². The fourth-order valence-corrected chi connectivity index (χ4v) is 3.38. The second-order valence-corrected chi connectivity index (χ2v) is 6.52. The van der Waals surface area contributed by atoms with Crippen LogP contribution in [0.15, 0.2) is 30.3 Å². The number of ether oxygens (including phenoxy) is 2. The second-order valence-electron chi connectivity index (χ2n) is 6.52. The van der Waals surface area contributed by atoms with Crippen LogP contribution in [0, 0.1) is 11.8 Å². The van der Waals surface area contributed by atoms with Crippen LogP contribution in [-0.2, 0) is 14.3 Å². The minimum atomic E-state index is -0.140. The maximum atomic E-state index is 12.1. The normalized spacial score (nSPS) is 20.1. The van der Waals surface area contributed by atoms with Gasteiger partial charge in [0.05, 0.1) is 13.7 Å². The lowest BCUT2D eigenvalue weighted by molar-refractivity contribution is -0.140. The SMILES string of the molecule is COC(=O)CCCCCC[C@H]1C(=O)CC[C@@H]1COc1ccccc1. The van der Waals surface area contributed by atoms with Gasteiger partial charge in [0.15, 0.2) is 0 Å². The summed E-state index contributed by atoms with van der Waals surface area (Å²) in [4.78, 5) is 23.2. The fraction of sp³-hybridized carbons (Fsp3) is 0.600. The maximum Gasteiger partial charge on any atom is 0.305 e. The van der Waals surface area contributed by atoms with Gasteiger partial charge in [0.2, 0.25) is 0 Å². The number of hydrogen-bond acceptors (Lipinski definition) is 4. The van der Waals surface area contributed by atoms with Gasteiger partial charge >= 0.3 is 5.97 Å². The molecule has 0 amide bonds. The summed E-state index contributed by atoms with van der Waals surface area (Å²) in [6.45, 7) is 0.628. The lowest BCUT2D eigenvalue weighted by Gasteiger charge is -2.19. The van der Waals surface area contributed by atoms with Gasteiger partial charge in [-0.05, 0) is 31.4 Å². The summed E-state index contributed by atoms with van der Waals surface area (Å²) >= 11 is 0. The van der Waals surface area contributed by atoms with Gasteiger partial charge < -0.3 is 9.47 Å². The van der Waals surface area contributed by atoms with Crippen molar-refractivity contribution in [3.05, 3.63) is 30.3 Å². The highest BCUT2D eigenvalue weighted by atomic mass is 16.5. The monoisotopic (exact) mass is 332 g/mol. The van der Waals surface area contributed by atoms with Gasteiger partial charge in [0.1, 0.15) is 11.5 Å². The first-order valence-electron chi connectivity index (χ1n) is 8.98. The Labute approximate surface area is 144 Å². The third kappa shape index (κ3) is 5.99. The molecule has 0 aliphatic heterocycles. The molecular formula is C20H28O4. The molecule has 132 valence electrons. The number of benzene rings is 1. The molecule has 1 aliphatic rings. The standard InChI is InChI=1S/C20H28O4/c1-23-20(22)12-8-3-2-7-11-18-16(13-14-19(18)21)15-24-17-9-5-4-6-10-17/h4-6,9-10,16,18H,2-3,7-8,11-15H2,1H3/t16-,18-/m1/s1. The number of esters is 1. The Bertz CT molecular complexity index is 512. The molecule has 0 radical (unpaired) electrons. The van der Waals surface area contributed by atoms with E-state index >= 15 is 0 Å². The molecule has 1 fully saturated rings. The van der Waals surface area contributed by atoms with E-state index in [2.05, 4.69) is 4.74 Å². The highest BCUT2D eigenvalue weighted by molar-refractivity contribution is 5.83. The van der Waals surface area contributed by atoms with Crippen LogP contribution in [-0.4, -0.2) is 25.5 Å². The van der Waals surface area contributed by atoms with Crippen molar-refractivity contribution in [2.45, 2.75) is 51.4 Å². The van der Waals surface area contributed by atoms with Crippen LogP contribution in [0.25, 0.3) is 0 Å². The van der Waals surface area contributed by atoms with E-state index in [4.69, 9.17) is 4.74 Å². The third-order valence-corrected chi connectivity index (χ3v) is 4.83. The zero-order valence-electron chi connectivity index (χ0n) is 14.5. The van der Waals surface area contributed by atoms with Crippen molar-refractivity contribution in [1.82, 2.24) is 0 Å². The Hall–Kier alpha value is -1.84. The van der Waals surface area contributed by atoms with Crippen LogP contribution in [0.1, 0.15) is 51.4 Å². The molecule has 0 spiro atoms. The zero-order valence-corrected chi connectivity index (χ0v) is 14.5. The number of unbranched alkanes of at least 4 members (excludes halogenated alkanes) is 3. The van der Waals surface area contributed by atoms with E-state index in [-0.39, 0.29) is 11.9 Å². The molecule has 0 saturated heterocycles. The summed E-state index contributed by atoms with van der Waals surface area (Å²) in [7, 11) is 1.42. The van der Waals surface area contributed by atoms with E-state index in [0.29, 0.717) is 31.1 Å². The van der Waals surface area contributed by atoms with E-state index in [1.54, 1.807) is 0 Å². The largest absolute Gasteiger partial charge is 0.493 e.